The van der Waals surface area contributed by atoms with Crippen LogP contribution in [0.2, 0.25) is 0 Å². The largest absolute Gasteiger partial charge is 0.380 e. The maximum atomic E-state index is 9.77. The van der Waals surface area contributed by atoms with Gasteiger partial charge in [-0.05, 0) is 68.3 Å². The molecule has 0 aliphatic rings. The highest BCUT2D eigenvalue weighted by Gasteiger charge is 2.13. The second kappa shape index (κ2) is 11.4. The highest BCUT2D eigenvalue weighted by Crippen LogP contribution is 2.32. The van der Waals surface area contributed by atoms with Gasteiger partial charge in [-0.2, -0.15) is 5.26 Å². The lowest BCUT2D eigenvalue weighted by atomic mass is 10.0. The monoisotopic (exact) mass is 466 g/mol. The molecule has 7 heteroatoms. The molecule has 0 unspecified atom stereocenters. The topological polar surface area (TPSA) is 98.6 Å². The summed E-state index contributed by atoms with van der Waals surface area (Å²) in [4.78, 5) is 12.2. The van der Waals surface area contributed by atoms with Crippen molar-refractivity contribution in [3.63, 3.8) is 0 Å². The average Bonchev–Trinajstić information content (AvgIpc) is 3.36. The van der Waals surface area contributed by atoms with Crippen molar-refractivity contribution < 1.29 is 4.74 Å². The number of nitriles is 1. The first-order chi connectivity index (χ1) is 17.1. The van der Waals surface area contributed by atoms with Gasteiger partial charge < -0.3 is 20.4 Å². The van der Waals surface area contributed by atoms with Gasteiger partial charge in [0.25, 0.3) is 0 Å². The lowest BCUT2D eigenvalue weighted by Crippen LogP contribution is -2.19. The number of nitrogens with one attached hydrogen (secondary N) is 3. The third-order valence-electron chi connectivity index (χ3n) is 5.92. The molecule has 0 spiro atoms. The lowest BCUT2D eigenvalue weighted by molar-refractivity contribution is 0.149. The predicted octanol–water partition coefficient (Wildman–Crippen LogP) is 5.49. The fraction of sp³-hybridized carbons (Fsp3) is 0.250. The normalized spacial score (nSPS) is 11.3. The third-order valence-corrected chi connectivity index (χ3v) is 5.92. The van der Waals surface area contributed by atoms with Crippen LogP contribution in [-0.4, -0.2) is 34.7 Å². The maximum Gasteiger partial charge on any atom is 0.103 e. The first kappa shape index (κ1) is 24.1. The molecule has 0 amide bonds. The van der Waals surface area contributed by atoms with Crippen molar-refractivity contribution in [2.75, 3.05) is 25.1 Å². The van der Waals surface area contributed by atoms with Crippen LogP contribution in [0.1, 0.15) is 40.6 Å². The van der Waals surface area contributed by atoms with Crippen LogP contribution in [0.4, 0.5) is 11.4 Å². The average molecular weight is 467 g/mol. The van der Waals surface area contributed by atoms with E-state index in [4.69, 9.17) is 4.74 Å². The molecule has 1 aromatic carbocycles. The predicted molar refractivity (Wildman–Crippen MR) is 141 cm³/mol. The summed E-state index contributed by atoms with van der Waals surface area (Å²) in [6.07, 6.45) is 9.34. The summed E-state index contributed by atoms with van der Waals surface area (Å²) >= 11 is 0. The number of aromatic nitrogens is 3. The van der Waals surface area contributed by atoms with Crippen LogP contribution in [-0.2, 0) is 11.3 Å². The molecule has 7 nitrogen and oxygen atoms in total. The number of nitrogens with zero attached hydrogens (tertiary/aromatic N) is 3. The molecule has 0 aliphatic heterocycles. The molecule has 0 atom stereocenters. The number of ether oxygens (including phenoxy) is 1. The molecule has 0 saturated carbocycles. The Kier molecular flexibility index (Phi) is 7.88. The van der Waals surface area contributed by atoms with E-state index in [0.717, 1.165) is 70.1 Å². The summed E-state index contributed by atoms with van der Waals surface area (Å²) in [5, 5.41) is 17.8. The number of pyridine rings is 2. The van der Waals surface area contributed by atoms with Gasteiger partial charge in [-0.3, -0.25) is 9.97 Å². The quantitative estimate of drug-likeness (QED) is 0.268. The molecule has 4 aromatic rings. The van der Waals surface area contributed by atoms with E-state index in [2.05, 4.69) is 50.7 Å². The van der Waals surface area contributed by atoms with Gasteiger partial charge in [0.1, 0.15) is 6.07 Å². The second-order valence-corrected chi connectivity index (χ2v) is 8.26. The minimum atomic E-state index is 0.491. The van der Waals surface area contributed by atoms with Gasteiger partial charge in [0, 0.05) is 66.1 Å². The van der Waals surface area contributed by atoms with Crippen molar-refractivity contribution in [2.45, 2.75) is 27.3 Å². The summed E-state index contributed by atoms with van der Waals surface area (Å²) in [5.74, 6) is 0. The number of aromatic amines is 1. The summed E-state index contributed by atoms with van der Waals surface area (Å²) in [6, 6.07) is 12.5. The summed E-state index contributed by atoms with van der Waals surface area (Å²) in [5.41, 5.74) is 8.02. The summed E-state index contributed by atoms with van der Waals surface area (Å²) in [6.45, 7) is 9.00. The first-order valence-electron chi connectivity index (χ1n) is 11.8. The van der Waals surface area contributed by atoms with E-state index in [-0.39, 0.29) is 0 Å². The number of aryl methyl sites for hydroxylation is 2. The Bertz CT molecular complexity index is 1360. The Labute approximate surface area is 205 Å². The Morgan fingerprint density at radius 3 is 2.74 bits per heavy atom. The van der Waals surface area contributed by atoms with Crippen LogP contribution in [0.15, 0.2) is 48.9 Å². The number of anilines is 2. The first-order valence-corrected chi connectivity index (χ1v) is 11.8. The van der Waals surface area contributed by atoms with Gasteiger partial charge in [0.2, 0.25) is 0 Å². The van der Waals surface area contributed by atoms with Crippen molar-refractivity contribution in [2.24, 2.45) is 0 Å². The lowest BCUT2D eigenvalue weighted by Gasteiger charge is -2.15. The minimum absolute atomic E-state index is 0.491. The fourth-order valence-electron chi connectivity index (χ4n) is 3.93. The molecule has 3 heterocycles. The van der Waals surface area contributed by atoms with E-state index < -0.39 is 0 Å². The summed E-state index contributed by atoms with van der Waals surface area (Å²) in [7, 11) is 0. The SMILES string of the molecule is CCOCCNCc1ccc(C=Cc2c(C)ncc(C#N)c2Nc2ccc3[nH]ccc3c2C)nc1. The molecule has 0 aliphatic carbocycles. The Balaban J connectivity index is 1.56. The van der Waals surface area contributed by atoms with Crippen LogP contribution < -0.4 is 10.6 Å². The second-order valence-electron chi connectivity index (χ2n) is 8.26. The van der Waals surface area contributed by atoms with E-state index >= 15 is 0 Å². The van der Waals surface area contributed by atoms with Crippen molar-refractivity contribution in [3.8, 4) is 6.07 Å². The number of hydrogen-bond donors (Lipinski definition) is 3. The highest BCUT2D eigenvalue weighted by molar-refractivity contribution is 5.90. The molecular formula is C28H30N6O. The van der Waals surface area contributed by atoms with Gasteiger partial charge >= 0.3 is 0 Å². The number of benzene rings is 1. The number of hydrogen-bond acceptors (Lipinski definition) is 6. The van der Waals surface area contributed by atoms with E-state index in [1.54, 1.807) is 6.20 Å². The molecule has 0 fully saturated rings. The zero-order chi connectivity index (χ0) is 24.6. The zero-order valence-electron chi connectivity index (χ0n) is 20.4. The standard InChI is InChI=1S/C28H30N6O/c1-4-35-14-13-30-16-21-5-6-23(33-17-21)7-8-25-20(3)32-18-22(15-29)28(25)34-26-9-10-27-24(19(26)2)11-12-31-27/h5-12,17-18,30-31H,4,13-14,16H2,1-3H3,(H,32,34). The molecule has 4 rings (SSSR count). The Morgan fingerprint density at radius 2 is 1.97 bits per heavy atom. The van der Waals surface area contributed by atoms with Crippen molar-refractivity contribution >= 4 is 34.4 Å². The molecule has 178 valence electrons. The van der Waals surface area contributed by atoms with Gasteiger partial charge in [-0.1, -0.05) is 6.07 Å². The van der Waals surface area contributed by atoms with Crippen LogP contribution in [0, 0.1) is 25.2 Å². The number of rotatable bonds is 10. The van der Waals surface area contributed by atoms with Gasteiger partial charge in [0.05, 0.1) is 23.6 Å². The van der Waals surface area contributed by atoms with Crippen molar-refractivity contribution in [3.05, 3.63) is 82.6 Å². The van der Waals surface area contributed by atoms with Crippen LogP contribution in [0.25, 0.3) is 23.1 Å². The number of fused-ring (bicyclic) bond motifs is 1. The van der Waals surface area contributed by atoms with Crippen LogP contribution >= 0.6 is 0 Å². The molecular weight excluding hydrogens is 436 g/mol. The molecule has 0 saturated heterocycles. The molecule has 3 N–H and O–H groups in total. The van der Waals surface area contributed by atoms with Gasteiger partial charge in [0.15, 0.2) is 0 Å². The van der Waals surface area contributed by atoms with Gasteiger partial charge in [-0.15, -0.1) is 0 Å². The molecule has 0 radical (unpaired) electrons. The van der Waals surface area contributed by atoms with Crippen LogP contribution in [0.3, 0.4) is 0 Å². The Hall–Kier alpha value is -3.99. The maximum absolute atomic E-state index is 9.77. The molecule has 3 aromatic heterocycles. The third kappa shape index (κ3) is 5.75. The van der Waals surface area contributed by atoms with E-state index in [1.165, 1.54) is 0 Å². The zero-order valence-corrected chi connectivity index (χ0v) is 20.4. The molecule has 35 heavy (non-hydrogen) atoms. The minimum Gasteiger partial charge on any atom is -0.380 e. The fourth-order valence-corrected chi connectivity index (χ4v) is 3.93. The van der Waals surface area contributed by atoms with Crippen molar-refractivity contribution in [1.82, 2.24) is 20.3 Å². The van der Waals surface area contributed by atoms with E-state index in [9.17, 15) is 5.26 Å². The van der Waals surface area contributed by atoms with Gasteiger partial charge in [-0.25, -0.2) is 0 Å². The highest BCUT2D eigenvalue weighted by atomic mass is 16.5. The van der Waals surface area contributed by atoms with Crippen LogP contribution in [0.5, 0.6) is 0 Å². The number of H-pyrrole nitrogens is 1. The summed E-state index contributed by atoms with van der Waals surface area (Å²) < 4.78 is 5.34. The Morgan fingerprint density at radius 1 is 1.09 bits per heavy atom. The van der Waals surface area contributed by atoms with E-state index in [0.29, 0.717) is 12.2 Å². The van der Waals surface area contributed by atoms with E-state index in [1.807, 2.05) is 56.6 Å². The van der Waals surface area contributed by atoms with Crippen molar-refractivity contribution in [1.29, 1.82) is 5.26 Å². The smallest absolute Gasteiger partial charge is 0.103 e. The molecule has 0 bridgehead atoms.